The number of aryl methyl sites for hydroxylation is 2. The Bertz CT molecular complexity index is 337. The molecule has 1 aliphatic rings. The first kappa shape index (κ1) is 11.5. The molecule has 2 rings (SSSR count). The molecular formula is C15H22O. The molecule has 0 aliphatic heterocycles. The Morgan fingerprint density at radius 2 is 1.88 bits per heavy atom. The molecule has 1 aliphatic carbocycles. The van der Waals surface area contributed by atoms with Gasteiger partial charge in [-0.1, -0.05) is 19.4 Å². The third kappa shape index (κ3) is 3.01. The molecule has 16 heavy (non-hydrogen) atoms. The Hall–Kier alpha value is -0.980. The van der Waals surface area contributed by atoms with Crippen LogP contribution in [0.15, 0.2) is 18.2 Å². The van der Waals surface area contributed by atoms with Gasteiger partial charge in [0.15, 0.2) is 0 Å². The van der Waals surface area contributed by atoms with Crippen LogP contribution in [0, 0.1) is 6.92 Å². The molecule has 0 unspecified atom stereocenters. The smallest absolute Gasteiger partial charge is 0.120 e. The van der Waals surface area contributed by atoms with Crippen LogP contribution < -0.4 is 4.74 Å². The molecule has 0 spiro atoms. The number of hydrogen-bond acceptors (Lipinski definition) is 1. The van der Waals surface area contributed by atoms with Gasteiger partial charge in [0, 0.05) is 0 Å². The van der Waals surface area contributed by atoms with Gasteiger partial charge >= 0.3 is 0 Å². The van der Waals surface area contributed by atoms with Gasteiger partial charge in [-0.2, -0.15) is 0 Å². The number of ether oxygens (including phenoxy) is 1. The van der Waals surface area contributed by atoms with Crippen LogP contribution in [0.5, 0.6) is 5.75 Å². The van der Waals surface area contributed by atoms with Crippen LogP contribution in [0.4, 0.5) is 0 Å². The van der Waals surface area contributed by atoms with Crippen molar-refractivity contribution in [3.8, 4) is 5.75 Å². The average Bonchev–Trinajstić information content (AvgIpc) is 2.29. The van der Waals surface area contributed by atoms with Crippen molar-refractivity contribution in [3.63, 3.8) is 0 Å². The molecule has 1 nitrogen and oxygen atoms in total. The standard InChI is InChI=1S/C15H22O/c1-3-13-9-12(2)10-15(11-13)16-14-7-5-4-6-8-14/h9-11,14H,3-8H2,1-2H3. The van der Waals surface area contributed by atoms with Gasteiger partial charge in [-0.3, -0.25) is 0 Å². The summed E-state index contributed by atoms with van der Waals surface area (Å²) >= 11 is 0. The van der Waals surface area contributed by atoms with Crippen LogP contribution in [0.2, 0.25) is 0 Å². The van der Waals surface area contributed by atoms with Crippen LogP contribution in [-0.2, 0) is 6.42 Å². The van der Waals surface area contributed by atoms with Crippen molar-refractivity contribution < 1.29 is 4.74 Å². The quantitative estimate of drug-likeness (QED) is 0.736. The lowest BCUT2D eigenvalue weighted by Gasteiger charge is -2.23. The van der Waals surface area contributed by atoms with Crippen molar-refractivity contribution in [2.75, 3.05) is 0 Å². The van der Waals surface area contributed by atoms with E-state index in [9.17, 15) is 0 Å². The molecule has 88 valence electrons. The number of benzene rings is 1. The zero-order valence-electron chi connectivity index (χ0n) is 10.5. The molecular weight excluding hydrogens is 196 g/mol. The van der Waals surface area contributed by atoms with Crippen LogP contribution in [0.1, 0.15) is 50.2 Å². The maximum Gasteiger partial charge on any atom is 0.120 e. The molecule has 1 fully saturated rings. The molecule has 1 aromatic carbocycles. The van der Waals surface area contributed by atoms with E-state index in [1.807, 2.05) is 0 Å². The average molecular weight is 218 g/mol. The van der Waals surface area contributed by atoms with Crippen LogP contribution >= 0.6 is 0 Å². The van der Waals surface area contributed by atoms with Gasteiger partial charge in [-0.05, 0) is 62.3 Å². The minimum Gasteiger partial charge on any atom is -0.490 e. The van der Waals surface area contributed by atoms with E-state index in [1.54, 1.807) is 0 Å². The summed E-state index contributed by atoms with van der Waals surface area (Å²) in [6, 6.07) is 6.60. The van der Waals surface area contributed by atoms with Gasteiger partial charge < -0.3 is 4.74 Å². The molecule has 0 radical (unpaired) electrons. The Morgan fingerprint density at radius 1 is 1.12 bits per heavy atom. The highest BCUT2D eigenvalue weighted by Gasteiger charge is 2.14. The van der Waals surface area contributed by atoms with Crippen LogP contribution in [0.25, 0.3) is 0 Å². The molecule has 1 saturated carbocycles. The Labute approximate surface area is 98.8 Å². The summed E-state index contributed by atoms with van der Waals surface area (Å²) in [6.07, 6.45) is 8.05. The lowest BCUT2D eigenvalue weighted by atomic mass is 9.97. The van der Waals surface area contributed by atoms with Crippen molar-refractivity contribution in [2.45, 2.75) is 58.5 Å². The summed E-state index contributed by atoms with van der Waals surface area (Å²) in [6.45, 7) is 4.34. The van der Waals surface area contributed by atoms with Crippen molar-refractivity contribution in [2.24, 2.45) is 0 Å². The molecule has 0 heterocycles. The summed E-state index contributed by atoms with van der Waals surface area (Å²) in [7, 11) is 0. The number of rotatable bonds is 3. The zero-order valence-corrected chi connectivity index (χ0v) is 10.5. The van der Waals surface area contributed by atoms with Gasteiger partial charge in [0.1, 0.15) is 5.75 Å². The Morgan fingerprint density at radius 3 is 2.56 bits per heavy atom. The predicted molar refractivity (Wildman–Crippen MR) is 68.1 cm³/mol. The normalized spacial score (nSPS) is 17.4. The highest BCUT2D eigenvalue weighted by molar-refractivity contribution is 5.34. The third-order valence-corrected chi connectivity index (χ3v) is 3.37. The van der Waals surface area contributed by atoms with E-state index in [0.717, 1.165) is 12.2 Å². The second-order valence-electron chi connectivity index (χ2n) is 4.89. The minimum atomic E-state index is 0.459. The summed E-state index contributed by atoms with van der Waals surface area (Å²) < 4.78 is 6.08. The van der Waals surface area contributed by atoms with Crippen LogP contribution in [0.3, 0.4) is 0 Å². The van der Waals surface area contributed by atoms with E-state index in [2.05, 4.69) is 32.0 Å². The predicted octanol–water partition coefficient (Wildman–Crippen LogP) is 4.27. The largest absolute Gasteiger partial charge is 0.490 e. The fourth-order valence-electron chi connectivity index (χ4n) is 2.47. The molecule has 0 amide bonds. The Kier molecular flexibility index (Phi) is 3.87. The van der Waals surface area contributed by atoms with Gasteiger partial charge in [-0.25, -0.2) is 0 Å². The van der Waals surface area contributed by atoms with Crippen molar-refractivity contribution >= 4 is 0 Å². The lowest BCUT2D eigenvalue weighted by Crippen LogP contribution is -2.19. The zero-order chi connectivity index (χ0) is 11.4. The monoisotopic (exact) mass is 218 g/mol. The minimum absolute atomic E-state index is 0.459. The topological polar surface area (TPSA) is 9.23 Å². The maximum atomic E-state index is 6.08. The van der Waals surface area contributed by atoms with E-state index in [0.29, 0.717) is 6.10 Å². The summed E-state index contributed by atoms with van der Waals surface area (Å²) in [5, 5.41) is 0. The van der Waals surface area contributed by atoms with Gasteiger partial charge in [-0.15, -0.1) is 0 Å². The highest BCUT2D eigenvalue weighted by Crippen LogP contribution is 2.25. The van der Waals surface area contributed by atoms with Gasteiger partial charge in [0.25, 0.3) is 0 Å². The maximum absolute atomic E-state index is 6.08. The molecule has 0 aromatic heterocycles. The first-order valence-corrected chi connectivity index (χ1v) is 6.55. The highest BCUT2D eigenvalue weighted by atomic mass is 16.5. The number of hydrogen-bond donors (Lipinski definition) is 0. The molecule has 0 saturated heterocycles. The molecule has 1 heteroatoms. The first-order chi connectivity index (χ1) is 7.78. The van der Waals surface area contributed by atoms with Crippen molar-refractivity contribution in [3.05, 3.63) is 29.3 Å². The lowest BCUT2D eigenvalue weighted by molar-refractivity contribution is 0.155. The summed E-state index contributed by atoms with van der Waals surface area (Å²) in [5.41, 5.74) is 2.69. The van der Waals surface area contributed by atoms with Crippen molar-refractivity contribution in [1.29, 1.82) is 0 Å². The van der Waals surface area contributed by atoms with E-state index >= 15 is 0 Å². The second kappa shape index (κ2) is 5.38. The van der Waals surface area contributed by atoms with E-state index in [1.165, 1.54) is 43.2 Å². The molecule has 0 bridgehead atoms. The Balaban J connectivity index is 2.04. The van der Waals surface area contributed by atoms with Crippen LogP contribution in [-0.4, -0.2) is 6.10 Å². The fraction of sp³-hybridized carbons (Fsp3) is 0.600. The second-order valence-corrected chi connectivity index (χ2v) is 4.89. The third-order valence-electron chi connectivity index (χ3n) is 3.37. The van der Waals surface area contributed by atoms with Gasteiger partial charge in [0.05, 0.1) is 6.10 Å². The molecule has 1 aromatic rings. The van der Waals surface area contributed by atoms with E-state index in [4.69, 9.17) is 4.74 Å². The SMILES string of the molecule is CCc1cc(C)cc(OC2CCCCC2)c1. The van der Waals surface area contributed by atoms with Gasteiger partial charge in [0.2, 0.25) is 0 Å². The van der Waals surface area contributed by atoms with E-state index in [-0.39, 0.29) is 0 Å². The summed E-state index contributed by atoms with van der Waals surface area (Å²) in [4.78, 5) is 0. The summed E-state index contributed by atoms with van der Waals surface area (Å²) in [5.74, 6) is 1.07. The molecule has 0 atom stereocenters. The van der Waals surface area contributed by atoms with Crippen molar-refractivity contribution in [1.82, 2.24) is 0 Å². The first-order valence-electron chi connectivity index (χ1n) is 6.55. The molecule has 0 N–H and O–H groups in total. The fourth-order valence-corrected chi connectivity index (χ4v) is 2.47. The van der Waals surface area contributed by atoms with E-state index < -0.39 is 0 Å².